The van der Waals surface area contributed by atoms with Crippen LogP contribution in [0, 0.1) is 5.82 Å². The van der Waals surface area contributed by atoms with Crippen LogP contribution in [0.25, 0.3) is 0 Å². The minimum atomic E-state index is -3.63. The zero-order chi connectivity index (χ0) is 15.5. The lowest BCUT2D eigenvalue weighted by Crippen LogP contribution is -2.52. The number of hydrogen-bond donors (Lipinski definition) is 1. The predicted octanol–water partition coefficient (Wildman–Crippen LogP) is -0.122. The van der Waals surface area contributed by atoms with Gasteiger partial charge >= 0.3 is 0 Å². The van der Waals surface area contributed by atoms with Gasteiger partial charge in [0.15, 0.2) is 0 Å². The summed E-state index contributed by atoms with van der Waals surface area (Å²) in [5, 5.41) is 2.78. The Kier molecular flexibility index (Phi) is 4.92. The second-order valence-electron chi connectivity index (χ2n) is 4.77. The smallest absolute Gasteiger partial charge is 0.243 e. The summed E-state index contributed by atoms with van der Waals surface area (Å²) in [7, 11) is -1.94. The number of sulfonamides is 1. The first kappa shape index (κ1) is 15.9. The largest absolute Gasteiger partial charge is 0.339 e. The molecule has 0 aromatic heterocycles. The molecule has 1 N–H and O–H groups in total. The molecule has 0 aliphatic carbocycles. The van der Waals surface area contributed by atoms with Gasteiger partial charge in [0.1, 0.15) is 5.82 Å². The summed E-state index contributed by atoms with van der Waals surface area (Å²) >= 11 is 0. The Labute approximate surface area is 123 Å². The standard InChI is InChI=1S/C13H18FN3O3S/c1-15-10-13(18)16-6-8-17(9-7-16)21(19,20)12-4-2-11(14)3-5-12/h2-5,15H,6-10H2,1H3. The first-order valence-corrected chi connectivity index (χ1v) is 8.07. The van der Waals surface area contributed by atoms with Crippen LogP contribution < -0.4 is 5.32 Å². The van der Waals surface area contributed by atoms with E-state index in [0.717, 1.165) is 12.1 Å². The van der Waals surface area contributed by atoms with E-state index >= 15 is 0 Å². The van der Waals surface area contributed by atoms with Crippen molar-refractivity contribution in [1.29, 1.82) is 0 Å². The van der Waals surface area contributed by atoms with Crippen LogP contribution in [0.1, 0.15) is 0 Å². The number of nitrogens with one attached hydrogen (secondary N) is 1. The molecule has 1 amide bonds. The normalized spacial score (nSPS) is 17.0. The molecule has 0 radical (unpaired) electrons. The molecule has 1 heterocycles. The molecule has 1 fully saturated rings. The number of likely N-dealkylation sites (N-methyl/N-ethyl adjacent to an activating group) is 1. The van der Waals surface area contributed by atoms with Crippen molar-refractivity contribution in [3.8, 4) is 0 Å². The second kappa shape index (κ2) is 6.50. The van der Waals surface area contributed by atoms with Gasteiger partial charge in [0.25, 0.3) is 0 Å². The maximum Gasteiger partial charge on any atom is 0.243 e. The lowest BCUT2D eigenvalue weighted by Gasteiger charge is -2.34. The van der Waals surface area contributed by atoms with Gasteiger partial charge in [-0.2, -0.15) is 4.31 Å². The van der Waals surface area contributed by atoms with Gasteiger partial charge in [-0.05, 0) is 31.3 Å². The molecular weight excluding hydrogens is 297 g/mol. The van der Waals surface area contributed by atoms with Crippen LogP contribution in [-0.2, 0) is 14.8 Å². The molecule has 1 aromatic carbocycles. The molecule has 1 aliphatic heterocycles. The van der Waals surface area contributed by atoms with Crippen molar-refractivity contribution in [1.82, 2.24) is 14.5 Å². The zero-order valence-electron chi connectivity index (χ0n) is 11.8. The Balaban J connectivity index is 2.04. The zero-order valence-corrected chi connectivity index (χ0v) is 12.6. The molecule has 0 saturated carbocycles. The minimum Gasteiger partial charge on any atom is -0.339 e. The van der Waals surface area contributed by atoms with E-state index in [1.807, 2.05) is 0 Å². The Morgan fingerprint density at radius 3 is 2.29 bits per heavy atom. The molecule has 1 saturated heterocycles. The lowest BCUT2D eigenvalue weighted by molar-refractivity contribution is -0.131. The molecule has 0 spiro atoms. The summed E-state index contributed by atoms with van der Waals surface area (Å²) in [5.74, 6) is -0.521. The van der Waals surface area contributed by atoms with E-state index in [2.05, 4.69) is 5.32 Å². The maximum atomic E-state index is 12.9. The number of nitrogens with zero attached hydrogens (tertiary/aromatic N) is 2. The van der Waals surface area contributed by atoms with Gasteiger partial charge in [-0.25, -0.2) is 12.8 Å². The molecule has 1 aliphatic rings. The van der Waals surface area contributed by atoms with Crippen molar-refractivity contribution in [3.63, 3.8) is 0 Å². The lowest BCUT2D eigenvalue weighted by atomic mass is 10.3. The van der Waals surface area contributed by atoms with Crippen LogP contribution in [0.2, 0.25) is 0 Å². The van der Waals surface area contributed by atoms with Gasteiger partial charge < -0.3 is 10.2 Å². The van der Waals surface area contributed by atoms with Crippen molar-refractivity contribution in [2.75, 3.05) is 39.8 Å². The number of piperazine rings is 1. The van der Waals surface area contributed by atoms with Crippen LogP contribution in [0.15, 0.2) is 29.2 Å². The van der Waals surface area contributed by atoms with Crippen LogP contribution >= 0.6 is 0 Å². The van der Waals surface area contributed by atoms with Crippen molar-refractivity contribution < 1.29 is 17.6 Å². The highest BCUT2D eigenvalue weighted by molar-refractivity contribution is 7.89. The maximum absolute atomic E-state index is 12.9. The van der Waals surface area contributed by atoms with E-state index in [4.69, 9.17) is 0 Å². The molecule has 2 rings (SSSR count). The third-order valence-corrected chi connectivity index (χ3v) is 5.28. The Bertz CT molecular complexity index is 596. The second-order valence-corrected chi connectivity index (χ2v) is 6.71. The van der Waals surface area contributed by atoms with E-state index in [-0.39, 0.29) is 30.4 Å². The van der Waals surface area contributed by atoms with Gasteiger partial charge in [-0.1, -0.05) is 0 Å². The summed E-state index contributed by atoms with van der Waals surface area (Å²) in [4.78, 5) is 13.4. The summed E-state index contributed by atoms with van der Waals surface area (Å²) in [6.45, 7) is 1.46. The van der Waals surface area contributed by atoms with E-state index in [9.17, 15) is 17.6 Å². The summed E-state index contributed by atoms with van der Waals surface area (Å²) in [6, 6.07) is 4.76. The highest BCUT2D eigenvalue weighted by atomic mass is 32.2. The summed E-state index contributed by atoms with van der Waals surface area (Å²) in [6.07, 6.45) is 0. The molecule has 8 heteroatoms. The minimum absolute atomic E-state index is 0.0451. The van der Waals surface area contributed by atoms with Crippen molar-refractivity contribution >= 4 is 15.9 Å². The van der Waals surface area contributed by atoms with E-state index in [0.29, 0.717) is 13.1 Å². The van der Waals surface area contributed by atoms with Gasteiger partial charge in [-0.3, -0.25) is 4.79 Å². The molecule has 116 valence electrons. The van der Waals surface area contributed by atoms with E-state index < -0.39 is 15.8 Å². The third kappa shape index (κ3) is 3.58. The molecule has 0 unspecified atom stereocenters. The Morgan fingerprint density at radius 1 is 1.19 bits per heavy atom. The third-order valence-electron chi connectivity index (χ3n) is 3.37. The number of carbonyl (C=O) groups is 1. The first-order chi connectivity index (χ1) is 9.95. The number of amides is 1. The van der Waals surface area contributed by atoms with Crippen molar-refractivity contribution in [3.05, 3.63) is 30.1 Å². The van der Waals surface area contributed by atoms with Gasteiger partial charge in [0.2, 0.25) is 15.9 Å². The number of carbonyl (C=O) groups excluding carboxylic acids is 1. The fourth-order valence-electron chi connectivity index (χ4n) is 2.20. The average molecular weight is 315 g/mol. The van der Waals surface area contributed by atoms with Crippen LogP contribution in [-0.4, -0.2) is 63.3 Å². The molecule has 21 heavy (non-hydrogen) atoms. The molecule has 6 nitrogen and oxygen atoms in total. The Hall–Kier alpha value is -1.51. The van der Waals surface area contributed by atoms with Crippen LogP contribution in [0.5, 0.6) is 0 Å². The van der Waals surface area contributed by atoms with E-state index in [1.54, 1.807) is 11.9 Å². The molecule has 0 bridgehead atoms. The number of halogens is 1. The van der Waals surface area contributed by atoms with Gasteiger partial charge in [0.05, 0.1) is 11.4 Å². The highest BCUT2D eigenvalue weighted by Gasteiger charge is 2.29. The predicted molar refractivity (Wildman–Crippen MR) is 75.7 cm³/mol. The van der Waals surface area contributed by atoms with Crippen LogP contribution in [0.3, 0.4) is 0 Å². The summed E-state index contributed by atoms with van der Waals surface area (Å²) in [5.41, 5.74) is 0. The highest BCUT2D eigenvalue weighted by Crippen LogP contribution is 2.18. The topological polar surface area (TPSA) is 69.7 Å². The fraction of sp³-hybridized carbons (Fsp3) is 0.462. The van der Waals surface area contributed by atoms with E-state index in [1.165, 1.54) is 16.4 Å². The first-order valence-electron chi connectivity index (χ1n) is 6.63. The van der Waals surface area contributed by atoms with Gasteiger partial charge in [0, 0.05) is 26.2 Å². The Morgan fingerprint density at radius 2 is 1.76 bits per heavy atom. The number of rotatable bonds is 4. The quantitative estimate of drug-likeness (QED) is 0.841. The number of benzene rings is 1. The number of hydrogen-bond acceptors (Lipinski definition) is 4. The molecule has 0 atom stereocenters. The molecular formula is C13H18FN3O3S. The van der Waals surface area contributed by atoms with Gasteiger partial charge in [-0.15, -0.1) is 0 Å². The van der Waals surface area contributed by atoms with Crippen LogP contribution in [0.4, 0.5) is 4.39 Å². The average Bonchev–Trinajstić information content (AvgIpc) is 2.48. The molecule has 1 aromatic rings. The SMILES string of the molecule is CNCC(=O)N1CCN(S(=O)(=O)c2ccc(F)cc2)CC1. The fourth-order valence-corrected chi connectivity index (χ4v) is 3.62. The monoisotopic (exact) mass is 315 g/mol. The van der Waals surface area contributed by atoms with Crippen molar-refractivity contribution in [2.45, 2.75) is 4.90 Å². The van der Waals surface area contributed by atoms with Crippen molar-refractivity contribution in [2.24, 2.45) is 0 Å². The summed E-state index contributed by atoms with van der Waals surface area (Å²) < 4.78 is 39.0.